The standard InChI is InChI=1S/C12H20N2OS/c1-2-12(15)5-3-10(4-6-12)14-8-11-7-13-9-16-11/h7,9-10,14-15H,2-6,8H2,1H3. The van der Waals surface area contributed by atoms with Gasteiger partial charge in [-0.2, -0.15) is 0 Å². The predicted molar refractivity (Wildman–Crippen MR) is 66.5 cm³/mol. The maximum atomic E-state index is 10.1. The van der Waals surface area contributed by atoms with Gasteiger partial charge in [-0.3, -0.25) is 4.98 Å². The topological polar surface area (TPSA) is 45.1 Å². The minimum atomic E-state index is -0.386. The molecule has 0 aromatic carbocycles. The summed E-state index contributed by atoms with van der Waals surface area (Å²) in [6.45, 7) is 2.99. The molecule has 1 aliphatic rings. The van der Waals surface area contributed by atoms with E-state index in [9.17, 15) is 5.11 Å². The van der Waals surface area contributed by atoms with Crippen LogP contribution in [0.15, 0.2) is 11.7 Å². The van der Waals surface area contributed by atoms with Crippen LogP contribution in [-0.4, -0.2) is 21.7 Å². The third-order valence-electron chi connectivity index (χ3n) is 3.62. The van der Waals surface area contributed by atoms with Gasteiger partial charge in [0.05, 0.1) is 11.1 Å². The van der Waals surface area contributed by atoms with E-state index < -0.39 is 0 Å². The first kappa shape index (κ1) is 12.0. The molecular weight excluding hydrogens is 220 g/mol. The summed E-state index contributed by atoms with van der Waals surface area (Å²) in [5, 5.41) is 13.7. The average molecular weight is 240 g/mol. The summed E-state index contributed by atoms with van der Waals surface area (Å²) in [5.41, 5.74) is 1.48. The molecule has 1 aromatic rings. The Hall–Kier alpha value is -0.450. The molecule has 1 saturated carbocycles. The summed E-state index contributed by atoms with van der Waals surface area (Å²) in [7, 11) is 0. The molecule has 0 unspecified atom stereocenters. The molecule has 0 spiro atoms. The minimum absolute atomic E-state index is 0.386. The quantitative estimate of drug-likeness (QED) is 0.849. The van der Waals surface area contributed by atoms with Crippen LogP contribution in [0.25, 0.3) is 0 Å². The summed E-state index contributed by atoms with van der Waals surface area (Å²) in [4.78, 5) is 5.35. The van der Waals surface area contributed by atoms with Gasteiger partial charge in [0.2, 0.25) is 0 Å². The first-order valence-corrected chi connectivity index (χ1v) is 6.93. The average Bonchev–Trinajstić information content (AvgIpc) is 2.81. The smallest absolute Gasteiger partial charge is 0.0794 e. The summed E-state index contributed by atoms with van der Waals surface area (Å²) in [6.07, 6.45) is 6.84. The lowest BCUT2D eigenvalue weighted by Gasteiger charge is -2.35. The molecule has 0 radical (unpaired) electrons. The molecule has 2 N–H and O–H groups in total. The number of rotatable bonds is 4. The Labute approximate surface area is 101 Å². The molecule has 0 saturated heterocycles. The zero-order chi connectivity index (χ0) is 11.4. The molecule has 4 heteroatoms. The summed E-state index contributed by atoms with van der Waals surface area (Å²) in [6, 6.07) is 0.564. The number of hydrogen-bond acceptors (Lipinski definition) is 4. The van der Waals surface area contributed by atoms with Crippen molar-refractivity contribution in [2.75, 3.05) is 0 Å². The molecule has 0 bridgehead atoms. The van der Waals surface area contributed by atoms with E-state index in [2.05, 4.69) is 17.2 Å². The van der Waals surface area contributed by atoms with E-state index in [1.54, 1.807) is 11.3 Å². The lowest BCUT2D eigenvalue weighted by Crippen LogP contribution is -2.40. The molecule has 2 rings (SSSR count). The lowest BCUT2D eigenvalue weighted by molar-refractivity contribution is -0.00689. The van der Waals surface area contributed by atoms with Gasteiger partial charge in [0.25, 0.3) is 0 Å². The first-order valence-electron chi connectivity index (χ1n) is 6.05. The van der Waals surface area contributed by atoms with Gasteiger partial charge in [-0.05, 0) is 32.1 Å². The van der Waals surface area contributed by atoms with Gasteiger partial charge in [-0.15, -0.1) is 11.3 Å². The first-order chi connectivity index (χ1) is 7.72. The fourth-order valence-electron chi connectivity index (χ4n) is 2.29. The normalized spacial score (nSPS) is 30.5. The van der Waals surface area contributed by atoms with Gasteiger partial charge in [0.15, 0.2) is 0 Å². The molecule has 16 heavy (non-hydrogen) atoms. The molecule has 90 valence electrons. The molecule has 1 fully saturated rings. The summed E-state index contributed by atoms with van der Waals surface area (Å²) in [5.74, 6) is 0. The van der Waals surface area contributed by atoms with Crippen LogP contribution in [0.3, 0.4) is 0 Å². The molecule has 1 heterocycles. The van der Waals surface area contributed by atoms with Gasteiger partial charge in [0, 0.05) is 23.7 Å². The Morgan fingerprint density at radius 3 is 2.88 bits per heavy atom. The zero-order valence-corrected chi connectivity index (χ0v) is 10.6. The second kappa shape index (κ2) is 5.25. The number of nitrogens with zero attached hydrogens (tertiary/aromatic N) is 1. The highest BCUT2D eigenvalue weighted by Crippen LogP contribution is 2.30. The van der Waals surface area contributed by atoms with Crippen LogP contribution in [0, 0.1) is 0 Å². The number of thiazole rings is 1. The molecule has 0 amide bonds. The van der Waals surface area contributed by atoms with Crippen LogP contribution < -0.4 is 5.32 Å². The third kappa shape index (κ3) is 3.03. The van der Waals surface area contributed by atoms with Gasteiger partial charge in [-0.1, -0.05) is 6.92 Å². The third-order valence-corrected chi connectivity index (χ3v) is 4.40. The van der Waals surface area contributed by atoms with E-state index in [1.165, 1.54) is 4.88 Å². The fourth-order valence-corrected chi connectivity index (χ4v) is 2.83. The van der Waals surface area contributed by atoms with Crippen molar-refractivity contribution in [2.24, 2.45) is 0 Å². The largest absolute Gasteiger partial charge is 0.390 e. The fraction of sp³-hybridized carbons (Fsp3) is 0.750. The van der Waals surface area contributed by atoms with Gasteiger partial charge < -0.3 is 10.4 Å². The molecule has 0 atom stereocenters. The Balaban J connectivity index is 1.73. The monoisotopic (exact) mass is 240 g/mol. The van der Waals surface area contributed by atoms with Crippen molar-refractivity contribution in [3.8, 4) is 0 Å². The van der Waals surface area contributed by atoms with Gasteiger partial charge >= 0.3 is 0 Å². The minimum Gasteiger partial charge on any atom is -0.390 e. The van der Waals surface area contributed by atoms with Crippen LogP contribution in [0.2, 0.25) is 0 Å². The predicted octanol–water partition coefficient (Wildman–Crippen LogP) is 2.32. The van der Waals surface area contributed by atoms with E-state index in [0.717, 1.165) is 38.6 Å². The van der Waals surface area contributed by atoms with Gasteiger partial charge in [0.1, 0.15) is 0 Å². The van der Waals surface area contributed by atoms with Crippen molar-refractivity contribution in [3.05, 3.63) is 16.6 Å². The van der Waals surface area contributed by atoms with Crippen molar-refractivity contribution in [1.29, 1.82) is 0 Å². The molecule has 0 aliphatic heterocycles. The van der Waals surface area contributed by atoms with E-state index >= 15 is 0 Å². The van der Waals surface area contributed by atoms with E-state index in [1.807, 2.05) is 11.7 Å². The van der Waals surface area contributed by atoms with E-state index in [-0.39, 0.29) is 5.60 Å². The SMILES string of the molecule is CCC1(O)CCC(NCc2cncs2)CC1. The van der Waals surface area contributed by atoms with Crippen molar-refractivity contribution >= 4 is 11.3 Å². The highest BCUT2D eigenvalue weighted by atomic mass is 32.1. The number of hydrogen-bond donors (Lipinski definition) is 2. The van der Waals surface area contributed by atoms with Crippen LogP contribution in [0.5, 0.6) is 0 Å². The molecule has 3 nitrogen and oxygen atoms in total. The highest BCUT2D eigenvalue weighted by Gasteiger charge is 2.30. The van der Waals surface area contributed by atoms with Crippen molar-refractivity contribution in [1.82, 2.24) is 10.3 Å². The Morgan fingerprint density at radius 2 is 2.31 bits per heavy atom. The van der Waals surface area contributed by atoms with Crippen molar-refractivity contribution in [3.63, 3.8) is 0 Å². The number of nitrogens with one attached hydrogen (secondary N) is 1. The van der Waals surface area contributed by atoms with Crippen LogP contribution in [0.1, 0.15) is 43.9 Å². The number of aliphatic hydroxyl groups is 1. The lowest BCUT2D eigenvalue weighted by atomic mass is 9.80. The molecule has 1 aliphatic carbocycles. The number of aromatic nitrogens is 1. The van der Waals surface area contributed by atoms with Gasteiger partial charge in [-0.25, -0.2) is 0 Å². The van der Waals surface area contributed by atoms with Crippen molar-refractivity contribution in [2.45, 2.75) is 57.2 Å². The Bertz CT molecular complexity index is 305. The second-order valence-electron chi connectivity index (χ2n) is 4.70. The van der Waals surface area contributed by atoms with Crippen LogP contribution in [-0.2, 0) is 6.54 Å². The van der Waals surface area contributed by atoms with E-state index in [4.69, 9.17) is 0 Å². The summed E-state index contributed by atoms with van der Waals surface area (Å²) < 4.78 is 0. The maximum absolute atomic E-state index is 10.1. The van der Waals surface area contributed by atoms with Crippen LogP contribution >= 0.6 is 11.3 Å². The second-order valence-corrected chi connectivity index (χ2v) is 5.67. The van der Waals surface area contributed by atoms with Crippen LogP contribution in [0.4, 0.5) is 0 Å². The Kier molecular flexibility index (Phi) is 3.95. The Morgan fingerprint density at radius 1 is 1.56 bits per heavy atom. The maximum Gasteiger partial charge on any atom is 0.0794 e. The highest BCUT2D eigenvalue weighted by molar-refractivity contribution is 7.09. The summed E-state index contributed by atoms with van der Waals surface area (Å²) >= 11 is 1.69. The zero-order valence-electron chi connectivity index (χ0n) is 9.78. The van der Waals surface area contributed by atoms with E-state index in [0.29, 0.717) is 6.04 Å². The molecule has 1 aromatic heterocycles. The molecular formula is C12H20N2OS. The van der Waals surface area contributed by atoms with Crippen molar-refractivity contribution < 1.29 is 5.11 Å².